The van der Waals surface area contributed by atoms with E-state index in [9.17, 15) is 9.59 Å². The van der Waals surface area contributed by atoms with Crippen LogP contribution in [-0.2, 0) is 4.79 Å². The zero-order valence-electron chi connectivity index (χ0n) is 16.7. The third-order valence-electron chi connectivity index (χ3n) is 5.34. The van der Waals surface area contributed by atoms with Gasteiger partial charge in [0.2, 0.25) is 5.91 Å². The molecule has 2 amide bonds. The molecule has 1 aromatic carbocycles. The Hall–Kier alpha value is -2.67. The molecule has 29 heavy (non-hydrogen) atoms. The standard InChI is InChI=1S/C21H26ClN5O2/c1-3-15(2)19(25-20(28)16-4-6-17(22)7-5-16)21(29)27-12-10-26(11-13-27)18-14-23-8-9-24-18/h4-9,14-15,19H,3,10-13H2,1-2H3,(H,25,28)/t15-,19+/m0/s1. The van der Waals surface area contributed by atoms with Crippen molar-refractivity contribution < 1.29 is 9.59 Å². The summed E-state index contributed by atoms with van der Waals surface area (Å²) in [5.41, 5.74) is 0.489. The van der Waals surface area contributed by atoms with Gasteiger partial charge in [0.25, 0.3) is 5.91 Å². The van der Waals surface area contributed by atoms with Gasteiger partial charge in [-0.1, -0.05) is 31.9 Å². The summed E-state index contributed by atoms with van der Waals surface area (Å²) >= 11 is 5.90. The number of aromatic nitrogens is 2. The quantitative estimate of drug-likeness (QED) is 0.784. The van der Waals surface area contributed by atoms with Gasteiger partial charge in [0, 0.05) is 49.2 Å². The lowest BCUT2D eigenvalue weighted by molar-refractivity contribution is -0.134. The molecule has 3 rings (SSSR count). The van der Waals surface area contributed by atoms with Gasteiger partial charge in [0.1, 0.15) is 11.9 Å². The molecule has 0 bridgehead atoms. The molecule has 2 aromatic rings. The minimum atomic E-state index is -0.564. The molecular weight excluding hydrogens is 390 g/mol. The maximum Gasteiger partial charge on any atom is 0.251 e. The van der Waals surface area contributed by atoms with E-state index in [1.54, 1.807) is 42.9 Å². The number of amides is 2. The molecule has 1 saturated heterocycles. The summed E-state index contributed by atoms with van der Waals surface area (Å²) in [6.45, 7) is 6.54. The molecule has 0 radical (unpaired) electrons. The lowest BCUT2D eigenvalue weighted by Crippen LogP contribution is -2.56. The molecule has 1 aliphatic rings. The van der Waals surface area contributed by atoms with Crippen molar-refractivity contribution >= 4 is 29.2 Å². The number of nitrogens with one attached hydrogen (secondary N) is 1. The van der Waals surface area contributed by atoms with E-state index in [-0.39, 0.29) is 17.7 Å². The van der Waals surface area contributed by atoms with Gasteiger partial charge in [0.05, 0.1) is 6.20 Å². The van der Waals surface area contributed by atoms with Gasteiger partial charge in [-0.3, -0.25) is 14.6 Å². The highest BCUT2D eigenvalue weighted by atomic mass is 35.5. The fraction of sp³-hybridized carbons (Fsp3) is 0.429. The van der Waals surface area contributed by atoms with Crippen LogP contribution in [0.25, 0.3) is 0 Å². The van der Waals surface area contributed by atoms with Crippen molar-refractivity contribution in [1.82, 2.24) is 20.2 Å². The number of hydrogen-bond acceptors (Lipinski definition) is 5. The van der Waals surface area contributed by atoms with Crippen molar-refractivity contribution in [3.63, 3.8) is 0 Å². The van der Waals surface area contributed by atoms with Crippen LogP contribution in [0.5, 0.6) is 0 Å². The highest BCUT2D eigenvalue weighted by Crippen LogP contribution is 2.17. The topological polar surface area (TPSA) is 78.4 Å². The molecule has 0 spiro atoms. The molecule has 154 valence electrons. The number of benzene rings is 1. The fourth-order valence-electron chi connectivity index (χ4n) is 3.32. The second-order valence-corrected chi connectivity index (χ2v) is 7.66. The van der Waals surface area contributed by atoms with Crippen LogP contribution in [0, 0.1) is 5.92 Å². The van der Waals surface area contributed by atoms with Gasteiger partial charge in [-0.25, -0.2) is 4.98 Å². The van der Waals surface area contributed by atoms with Gasteiger partial charge in [-0.15, -0.1) is 0 Å². The van der Waals surface area contributed by atoms with Crippen molar-refractivity contribution in [3.8, 4) is 0 Å². The molecular formula is C21H26ClN5O2. The number of piperazine rings is 1. The number of hydrogen-bond donors (Lipinski definition) is 1. The lowest BCUT2D eigenvalue weighted by Gasteiger charge is -2.38. The summed E-state index contributed by atoms with van der Waals surface area (Å²) in [4.78, 5) is 38.2. The third kappa shape index (κ3) is 5.23. The van der Waals surface area contributed by atoms with Crippen LogP contribution in [0.2, 0.25) is 5.02 Å². The minimum Gasteiger partial charge on any atom is -0.352 e. The molecule has 2 atom stereocenters. The summed E-state index contributed by atoms with van der Waals surface area (Å²) in [5, 5.41) is 3.50. The predicted molar refractivity (Wildman–Crippen MR) is 113 cm³/mol. The van der Waals surface area contributed by atoms with E-state index in [1.807, 2.05) is 18.7 Å². The van der Waals surface area contributed by atoms with Crippen molar-refractivity contribution in [1.29, 1.82) is 0 Å². The molecule has 1 aromatic heterocycles. The van der Waals surface area contributed by atoms with Gasteiger partial charge in [0.15, 0.2) is 0 Å². The Bertz CT molecular complexity index is 823. The van der Waals surface area contributed by atoms with Crippen molar-refractivity contribution in [2.75, 3.05) is 31.1 Å². The summed E-state index contributed by atoms with van der Waals surface area (Å²) in [7, 11) is 0. The highest BCUT2D eigenvalue weighted by Gasteiger charge is 2.32. The number of anilines is 1. The average molecular weight is 416 g/mol. The van der Waals surface area contributed by atoms with E-state index in [0.717, 1.165) is 12.2 Å². The second-order valence-electron chi connectivity index (χ2n) is 7.22. The Morgan fingerprint density at radius 3 is 2.41 bits per heavy atom. The maximum absolute atomic E-state index is 13.2. The van der Waals surface area contributed by atoms with E-state index in [0.29, 0.717) is 36.8 Å². The Kier molecular flexibility index (Phi) is 7.04. The Morgan fingerprint density at radius 2 is 1.83 bits per heavy atom. The zero-order chi connectivity index (χ0) is 20.8. The minimum absolute atomic E-state index is 0.0248. The summed E-state index contributed by atoms with van der Waals surface area (Å²) in [6, 6.07) is 6.10. The smallest absolute Gasteiger partial charge is 0.251 e. The second kappa shape index (κ2) is 9.69. The first-order valence-corrected chi connectivity index (χ1v) is 10.2. The van der Waals surface area contributed by atoms with E-state index >= 15 is 0 Å². The summed E-state index contributed by atoms with van der Waals surface area (Å²) < 4.78 is 0. The largest absolute Gasteiger partial charge is 0.352 e. The Balaban J connectivity index is 1.65. The van der Waals surface area contributed by atoms with E-state index < -0.39 is 6.04 Å². The fourth-order valence-corrected chi connectivity index (χ4v) is 3.44. The summed E-state index contributed by atoms with van der Waals surface area (Å²) in [6.07, 6.45) is 5.82. The number of halogens is 1. The van der Waals surface area contributed by atoms with Crippen LogP contribution in [0.1, 0.15) is 30.6 Å². The monoisotopic (exact) mass is 415 g/mol. The molecule has 1 fully saturated rings. The van der Waals surface area contributed by atoms with Crippen LogP contribution < -0.4 is 10.2 Å². The summed E-state index contributed by atoms with van der Waals surface area (Å²) in [5.74, 6) is 0.532. The Labute approximate surface area is 176 Å². The molecule has 0 saturated carbocycles. The first kappa shape index (κ1) is 21.0. The van der Waals surface area contributed by atoms with Crippen LogP contribution >= 0.6 is 11.6 Å². The first-order valence-electron chi connectivity index (χ1n) is 9.85. The van der Waals surface area contributed by atoms with Crippen LogP contribution in [0.15, 0.2) is 42.9 Å². The van der Waals surface area contributed by atoms with Gasteiger partial charge in [-0.05, 0) is 30.2 Å². The average Bonchev–Trinajstić information content (AvgIpc) is 2.77. The zero-order valence-corrected chi connectivity index (χ0v) is 17.5. The van der Waals surface area contributed by atoms with Crippen molar-refractivity contribution in [2.24, 2.45) is 5.92 Å². The van der Waals surface area contributed by atoms with Crippen LogP contribution in [-0.4, -0.2) is 58.9 Å². The normalized spacial score (nSPS) is 16.2. The molecule has 2 heterocycles. The van der Waals surface area contributed by atoms with Crippen molar-refractivity contribution in [2.45, 2.75) is 26.3 Å². The maximum atomic E-state index is 13.2. The van der Waals surface area contributed by atoms with Gasteiger partial charge in [-0.2, -0.15) is 0 Å². The molecule has 1 N–H and O–H groups in total. The lowest BCUT2D eigenvalue weighted by atomic mass is 9.97. The van der Waals surface area contributed by atoms with Gasteiger partial charge < -0.3 is 15.1 Å². The molecule has 8 heteroatoms. The SMILES string of the molecule is CC[C@H](C)[C@@H](NC(=O)c1ccc(Cl)cc1)C(=O)N1CCN(c2cnccn2)CC1. The van der Waals surface area contributed by atoms with Gasteiger partial charge >= 0.3 is 0 Å². The van der Waals surface area contributed by atoms with Crippen LogP contribution in [0.3, 0.4) is 0 Å². The van der Waals surface area contributed by atoms with E-state index in [2.05, 4.69) is 20.2 Å². The van der Waals surface area contributed by atoms with E-state index in [1.165, 1.54) is 0 Å². The van der Waals surface area contributed by atoms with Crippen LogP contribution in [0.4, 0.5) is 5.82 Å². The molecule has 0 aliphatic carbocycles. The molecule has 0 unspecified atom stereocenters. The first-order chi connectivity index (χ1) is 14.0. The Morgan fingerprint density at radius 1 is 1.14 bits per heavy atom. The number of carbonyl (C=O) groups is 2. The molecule has 1 aliphatic heterocycles. The third-order valence-corrected chi connectivity index (χ3v) is 5.59. The van der Waals surface area contributed by atoms with E-state index in [4.69, 9.17) is 11.6 Å². The van der Waals surface area contributed by atoms with Crippen molar-refractivity contribution in [3.05, 3.63) is 53.4 Å². The predicted octanol–water partition coefficient (Wildman–Crippen LogP) is 2.62. The number of nitrogens with zero attached hydrogens (tertiary/aromatic N) is 4. The number of carbonyl (C=O) groups excluding carboxylic acids is 2. The number of rotatable bonds is 6. The highest BCUT2D eigenvalue weighted by molar-refractivity contribution is 6.30. The molecule has 7 nitrogen and oxygen atoms in total.